The van der Waals surface area contributed by atoms with E-state index in [1.807, 2.05) is 6.92 Å². The van der Waals surface area contributed by atoms with E-state index in [1.54, 1.807) is 18.2 Å². The lowest BCUT2D eigenvalue weighted by molar-refractivity contribution is -0.384. The van der Waals surface area contributed by atoms with Crippen LogP contribution >= 0.6 is 11.3 Å². The van der Waals surface area contributed by atoms with Gasteiger partial charge in [0.15, 0.2) is 5.01 Å². The van der Waals surface area contributed by atoms with Crippen molar-refractivity contribution in [3.8, 4) is 10.6 Å². The number of hydrogen-bond acceptors (Lipinski definition) is 6. The highest BCUT2D eigenvalue weighted by Crippen LogP contribution is 2.31. The summed E-state index contributed by atoms with van der Waals surface area (Å²) in [6.45, 7) is 3.49. The van der Waals surface area contributed by atoms with E-state index in [-0.39, 0.29) is 5.69 Å². The van der Waals surface area contributed by atoms with E-state index in [0.717, 1.165) is 11.6 Å². The minimum absolute atomic E-state index is 0.0589. The van der Waals surface area contributed by atoms with Gasteiger partial charge in [-0.2, -0.15) is 0 Å². The second kappa shape index (κ2) is 5.65. The number of rotatable bonds is 5. The van der Waals surface area contributed by atoms with Gasteiger partial charge in [0.1, 0.15) is 5.01 Å². The van der Waals surface area contributed by atoms with Crippen LogP contribution < -0.4 is 5.32 Å². The fourth-order valence-electron chi connectivity index (χ4n) is 1.48. The molecule has 0 radical (unpaired) electrons. The lowest BCUT2D eigenvalue weighted by Gasteiger charge is -1.97. The molecule has 7 heteroatoms. The van der Waals surface area contributed by atoms with Crippen molar-refractivity contribution in [3.05, 3.63) is 39.4 Å². The highest BCUT2D eigenvalue weighted by atomic mass is 32.1. The van der Waals surface area contributed by atoms with Crippen molar-refractivity contribution in [2.24, 2.45) is 0 Å². The molecule has 0 amide bonds. The second-order valence-electron chi connectivity index (χ2n) is 3.56. The predicted molar refractivity (Wildman–Crippen MR) is 69.4 cm³/mol. The van der Waals surface area contributed by atoms with Crippen LogP contribution in [0, 0.1) is 10.1 Å². The molecule has 1 N–H and O–H groups in total. The fraction of sp³-hybridized carbons (Fsp3) is 0.273. The Bertz CT molecular complexity index is 555. The first-order valence-corrected chi connectivity index (χ1v) is 6.31. The monoisotopic (exact) mass is 264 g/mol. The van der Waals surface area contributed by atoms with Crippen LogP contribution in [0.2, 0.25) is 0 Å². The predicted octanol–water partition coefficient (Wildman–Crippen LogP) is 2.22. The zero-order valence-electron chi connectivity index (χ0n) is 9.79. The van der Waals surface area contributed by atoms with Gasteiger partial charge >= 0.3 is 0 Å². The first-order chi connectivity index (χ1) is 8.72. The molecule has 0 atom stereocenters. The lowest BCUT2D eigenvalue weighted by Crippen LogP contribution is -2.11. The molecule has 0 aliphatic carbocycles. The molecule has 1 aromatic heterocycles. The van der Waals surface area contributed by atoms with E-state index in [9.17, 15) is 10.1 Å². The summed E-state index contributed by atoms with van der Waals surface area (Å²) in [5.74, 6) is 0. The summed E-state index contributed by atoms with van der Waals surface area (Å²) in [4.78, 5) is 10.5. The van der Waals surface area contributed by atoms with Crippen molar-refractivity contribution in [3.63, 3.8) is 0 Å². The molecule has 0 aliphatic rings. The summed E-state index contributed by atoms with van der Waals surface area (Å²) < 4.78 is 0. The van der Waals surface area contributed by atoms with Gasteiger partial charge in [0, 0.05) is 12.6 Å². The minimum atomic E-state index is -0.402. The van der Waals surface area contributed by atoms with Gasteiger partial charge in [-0.1, -0.05) is 30.4 Å². The number of nitrogens with zero attached hydrogens (tertiary/aromatic N) is 3. The number of hydrogen-bond donors (Lipinski definition) is 1. The minimum Gasteiger partial charge on any atom is -0.311 e. The van der Waals surface area contributed by atoms with Crippen molar-refractivity contribution in [2.75, 3.05) is 6.54 Å². The lowest BCUT2D eigenvalue weighted by atomic mass is 10.2. The topological polar surface area (TPSA) is 81.0 Å². The Morgan fingerprint density at radius 3 is 2.89 bits per heavy atom. The number of nitro benzene ring substituents is 1. The van der Waals surface area contributed by atoms with Crippen LogP contribution in [-0.4, -0.2) is 21.7 Å². The van der Waals surface area contributed by atoms with Crippen LogP contribution in [-0.2, 0) is 6.54 Å². The van der Waals surface area contributed by atoms with Crippen molar-refractivity contribution < 1.29 is 4.92 Å². The number of para-hydroxylation sites is 1. The number of aromatic nitrogens is 2. The molecule has 6 nitrogen and oxygen atoms in total. The molecule has 2 aromatic rings. The first-order valence-electron chi connectivity index (χ1n) is 5.49. The Morgan fingerprint density at radius 2 is 2.17 bits per heavy atom. The second-order valence-corrected chi connectivity index (χ2v) is 4.62. The van der Waals surface area contributed by atoms with Crippen LogP contribution in [0.5, 0.6) is 0 Å². The molecule has 94 valence electrons. The molecule has 0 spiro atoms. The van der Waals surface area contributed by atoms with Crippen molar-refractivity contribution >= 4 is 17.0 Å². The normalized spacial score (nSPS) is 10.5. The Kier molecular flexibility index (Phi) is 3.96. The highest BCUT2D eigenvalue weighted by molar-refractivity contribution is 7.14. The fourth-order valence-corrected chi connectivity index (χ4v) is 2.32. The number of nitrogens with one attached hydrogen (secondary N) is 1. The maximum Gasteiger partial charge on any atom is 0.279 e. The van der Waals surface area contributed by atoms with Gasteiger partial charge in [-0.25, -0.2) is 0 Å². The SMILES string of the molecule is CCNCc1nnc(-c2ccccc2[N+](=O)[O-])s1. The maximum atomic E-state index is 10.9. The number of benzene rings is 1. The first kappa shape index (κ1) is 12.6. The van der Waals surface area contributed by atoms with Crippen molar-refractivity contribution in [2.45, 2.75) is 13.5 Å². The van der Waals surface area contributed by atoms with Crippen molar-refractivity contribution in [1.29, 1.82) is 0 Å². The molecule has 1 heterocycles. The third-order valence-corrected chi connectivity index (χ3v) is 3.28. The maximum absolute atomic E-state index is 10.9. The van der Waals surface area contributed by atoms with Gasteiger partial charge in [-0.3, -0.25) is 10.1 Å². The van der Waals surface area contributed by atoms with Crippen LogP contribution in [0.3, 0.4) is 0 Å². The Hall–Kier alpha value is -1.86. The molecule has 0 aliphatic heterocycles. The quantitative estimate of drug-likeness (QED) is 0.661. The van der Waals surface area contributed by atoms with E-state index in [2.05, 4.69) is 15.5 Å². The summed E-state index contributed by atoms with van der Waals surface area (Å²) in [6.07, 6.45) is 0. The van der Waals surface area contributed by atoms with E-state index < -0.39 is 4.92 Å². The Labute approximate surface area is 108 Å². The average molecular weight is 264 g/mol. The molecular weight excluding hydrogens is 252 g/mol. The summed E-state index contributed by atoms with van der Waals surface area (Å²) in [7, 11) is 0. The molecule has 0 fully saturated rings. The highest BCUT2D eigenvalue weighted by Gasteiger charge is 2.17. The van der Waals surface area contributed by atoms with Crippen LogP contribution in [0.15, 0.2) is 24.3 Å². The standard InChI is InChI=1S/C11H12N4O2S/c1-2-12-7-10-13-14-11(18-10)8-5-3-4-6-9(8)15(16)17/h3-6,12H,2,7H2,1H3. The molecule has 1 aromatic carbocycles. The largest absolute Gasteiger partial charge is 0.311 e. The van der Waals surface area contributed by atoms with Gasteiger partial charge in [0.05, 0.1) is 10.5 Å². The van der Waals surface area contributed by atoms with Gasteiger partial charge in [-0.05, 0) is 12.6 Å². The summed E-state index contributed by atoms with van der Waals surface area (Å²) in [5, 5.41) is 23.5. The van der Waals surface area contributed by atoms with E-state index >= 15 is 0 Å². The van der Waals surface area contributed by atoms with Crippen molar-refractivity contribution in [1.82, 2.24) is 15.5 Å². The van der Waals surface area contributed by atoms with Gasteiger partial charge in [0.25, 0.3) is 5.69 Å². The summed E-state index contributed by atoms with van der Waals surface area (Å²) in [5.41, 5.74) is 0.575. The third-order valence-electron chi connectivity index (χ3n) is 2.32. The number of nitro groups is 1. The van der Waals surface area contributed by atoms with E-state index in [4.69, 9.17) is 0 Å². The molecule has 2 rings (SSSR count). The molecule has 0 saturated carbocycles. The molecular formula is C11H12N4O2S. The molecule has 0 unspecified atom stereocenters. The van der Waals surface area contributed by atoms with E-state index in [1.165, 1.54) is 17.4 Å². The molecule has 18 heavy (non-hydrogen) atoms. The summed E-state index contributed by atoms with van der Waals surface area (Å²) in [6, 6.07) is 6.56. The Balaban J connectivity index is 2.31. The average Bonchev–Trinajstić information content (AvgIpc) is 2.85. The van der Waals surface area contributed by atoms with Crippen LogP contribution in [0.25, 0.3) is 10.6 Å². The van der Waals surface area contributed by atoms with Gasteiger partial charge < -0.3 is 5.32 Å². The van der Waals surface area contributed by atoms with Crippen LogP contribution in [0.4, 0.5) is 5.69 Å². The molecule has 0 saturated heterocycles. The summed E-state index contributed by atoms with van der Waals surface area (Å²) >= 11 is 1.37. The Morgan fingerprint density at radius 1 is 1.39 bits per heavy atom. The third kappa shape index (κ3) is 2.69. The van der Waals surface area contributed by atoms with Gasteiger partial charge in [-0.15, -0.1) is 10.2 Å². The van der Waals surface area contributed by atoms with Crippen LogP contribution in [0.1, 0.15) is 11.9 Å². The van der Waals surface area contributed by atoms with Gasteiger partial charge in [0.2, 0.25) is 0 Å². The van der Waals surface area contributed by atoms with E-state index in [0.29, 0.717) is 17.1 Å². The zero-order valence-corrected chi connectivity index (χ0v) is 10.6. The zero-order chi connectivity index (χ0) is 13.0. The molecule has 0 bridgehead atoms. The smallest absolute Gasteiger partial charge is 0.279 e.